The fourth-order valence-electron chi connectivity index (χ4n) is 1.81. The highest BCUT2D eigenvalue weighted by atomic mass is 35.5. The van der Waals surface area contributed by atoms with Crippen molar-refractivity contribution in [1.29, 1.82) is 0 Å². The smallest absolute Gasteiger partial charge is 0.188 e. The Bertz CT molecular complexity index is 643. The molecule has 5 heteroatoms. The Hall–Kier alpha value is -1.91. The van der Waals surface area contributed by atoms with Crippen LogP contribution in [0.15, 0.2) is 42.5 Å². The van der Waals surface area contributed by atoms with Crippen molar-refractivity contribution >= 4 is 17.4 Å². The molecule has 0 heterocycles. The maximum atomic E-state index is 13.5. The largest absolute Gasteiger partial charge is 0.494 e. The van der Waals surface area contributed by atoms with Crippen LogP contribution >= 0.6 is 11.6 Å². The van der Waals surface area contributed by atoms with Crippen LogP contribution in [-0.4, -0.2) is 19.5 Å². The molecule has 3 nitrogen and oxygen atoms in total. The molecule has 0 spiro atoms. The Morgan fingerprint density at radius 3 is 2.71 bits per heavy atom. The number of benzene rings is 2. The zero-order valence-electron chi connectivity index (χ0n) is 11.4. The molecular formula is C16H14ClFO3. The van der Waals surface area contributed by atoms with E-state index in [2.05, 4.69) is 0 Å². The van der Waals surface area contributed by atoms with E-state index in [1.165, 1.54) is 19.2 Å². The van der Waals surface area contributed by atoms with Gasteiger partial charge in [0, 0.05) is 10.6 Å². The van der Waals surface area contributed by atoms with Gasteiger partial charge < -0.3 is 9.47 Å². The van der Waals surface area contributed by atoms with Crippen molar-refractivity contribution in [3.63, 3.8) is 0 Å². The van der Waals surface area contributed by atoms with Crippen LogP contribution < -0.4 is 4.74 Å². The highest BCUT2D eigenvalue weighted by Crippen LogP contribution is 2.18. The Morgan fingerprint density at radius 1 is 1.24 bits per heavy atom. The summed E-state index contributed by atoms with van der Waals surface area (Å²) in [5, 5.41) is 0.611. The van der Waals surface area contributed by atoms with E-state index >= 15 is 0 Å². The molecule has 0 N–H and O–H groups in total. The van der Waals surface area contributed by atoms with Crippen LogP contribution in [0.25, 0.3) is 0 Å². The number of hydrogen-bond donors (Lipinski definition) is 0. The topological polar surface area (TPSA) is 35.5 Å². The van der Waals surface area contributed by atoms with Crippen LogP contribution in [0.5, 0.6) is 5.75 Å². The predicted octanol–water partition coefficient (Wildman–Crippen LogP) is 3.89. The number of halogens is 2. The molecule has 2 aromatic carbocycles. The van der Waals surface area contributed by atoms with Crippen LogP contribution in [0.1, 0.15) is 15.9 Å². The van der Waals surface area contributed by atoms with Gasteiger partial charge in [-0.05, 0) is 35.9 Å². The predicted molar refractivity (Wildman–Crippen MR) is 78.4 cm³/mol. The first-order chi connectivity index (χ1) is 10.1. The number of hydrogen-bond acceptors (Lipinski definition) is 3. The average Bonchev–Trinajstić information content (AvgIpc) is 2.47. The number of ketones is 1. The van der Waals surface area contributed by atoms with Crippen molar-refractivity contribution in [3.8, 4) is 5.75 Å². The maximum absolute atomic E-state index is 13.5. The minimum Gasteiger partial charge on any atom is -0.494 e. The maximum Gasteiger partial charge on any atom is 0.188 e. The number of rotatable bonds is 6. The molecule has 0 radical (unpaired) electrons. The molecule has 0 atom stereocenters. The van der Waals surface area contributed by atoms with E-state index < -0.39 is 5.82 Å². The quantitative estimate of drug-likeness (QED) is 0.760. The van der Waals surface area contributed by atoms with Crippen LogP contribution in [0, 0.1) is 5.82 Å². The summed E-state index contributed by atoms with van der Waals surface area (Å²) in [7, 11) is 1.37. The first kappa shape index (κ1) is 15.5. The summed E-state index contributed by atoms with van der Waals surface area (Å²) in [4.78, 5) is 11.9. The fourth-order valence-corrected chi connectivity index (χ4v) is 2.02. The van der Waals surface area contributed by atoms with E-state index in [9.17, 15) is 9.18 Å². The normalized spacial score (nSPS) is 10.4. The summed E-state index contributed by atoms with van der Waals surface area (Å²) in [5.74, 6) is -0.761. The zero-order valence-corrected chi connectivity index (χ0v) is 12.2. The monoisotopic (exact) mass is 308 g/mol. The van der Waals surface area contributed by atoms with Gasteiger partial charge in [-0.2, -0.15) is 0 Å². The number of Topliss-reactive ketones (excluding diaryl/α,β-unsaturated/α-hetero) is 1. The van der Waals surface area contributed by atoms with E-state index in [0.29, 0.717) is 5.02 Å². The molecule has 0 aromatic heterocycles. The van der Waals surface area contributed by atoms with Gasteiger partial charge >= 0.3 is 0 Å². The summed E-state index contributed by atoms with van der Waals surface area (Å²) in [5.41, 5.74) is 1.12. The molecule has 0 unspecified atom stereocenters. The van der Waals surface area contributed by atoms with E-state index in [0.717, 1.165) is 11.6 Å². The second-order valence-electron chi connectivity index (χ2n) is 4.40. The van der Waals surface area contributed by atoms with Crippen LogP contribution in [0.4, 0.5) is 4.39 Å². The lowest BCUT2D eigenvalue weighted by molar-refractivity contribution is 0.0726. The Balaban J connectivity index is 1.91. The molecule has 0 saturated carbocycles. The van der Waals surface area contributed by atoms with E-state index in [1.807, 2.05) is 12.1 Å². The highest BCUT2D eigenvalue weighted by Gasteiger charge is 2.10. The van der Waals surface area contributed by atoms with Crippen molar-refractivity contribution in [2.75, 3.05) is 13.7 Å². The lowest BCUT2D eigenvalue weighted by Gasteiger charge is -2.06. The fraction of sp³-hybridized carbons (Fsp3) is 0.188. The molecule has 2 rings (SSSR count). The van der Waals surface area contributed by atoms with Gasteiger partial charge in [0.2, 0.25) is 0 Å². The van der Waals surface area contributed by atoms with E-state index in [-0.39, 0.29) is 30.3 Å². The van der Waals surface area contributed by atoms with E-state index in [1.54, 1.807) is 12.1 Å². The Labute approximate surface area is 127 Å². The van der Waals surface area contributed by atoms with Crippen molar-refractivity contribution < 1.29 is 18.7 Å². The first-order valence-corrected chi connectivity index (χ1v) is 6.67. The molecule has 0 bridgehead atoms. The van der Waals surface area contributed by atoms with Gasteiger partial charge in [-0.15, -0.1) is 0 Å². The molecule has 110 valence electrons. The van der Waals surface area contributed by atoms with E-state index in [4.69, 9.17) is 21.1 Å². The average molecular weight is 309 g/mol. The van der Waals surface area contributed by atoms with Gasteiger partial charge in [0.25, 0.3) is 0 Å². The molecule has 0 aliphatic rings. The number of ether oxygens (including phenoxy) is 2. The standard InChI is InChI=1S/C16H14ClFO3/c1-20-16-6-5-12(8-14(16)18)15(19)10-21-9-11-3-2-4-13(17)7-11/h2-8H,9-10H2,1H3. The second kappa shape index (κ2) is 7.20. The van der Waals surface area contributed by atoms with Gasteiger partial charge in [0.1, 0.15) is 6.61 Å². The molecule has 0 fully saturated rings. The Kier molecular flexibility index (Phi) is 5.31. The van der Waals surface area contributed by atoms with Crippen molar-refractivity contribution in [2.24, 2.45) is 0 Å². The third kappa shape index (κ3) is 4.28. The molecule has 0 amide bonds. The second-order valence-corrected chi connectivity index (χ2v) is 4.83. The van der Waals surface area contributed by atoms with Crippen LogP contribution in [-0.2, 0) is 11.3 Å². The van der Waals surface area contributed by atoms with Gasteiger partial charge in [-0.1, -0.05) is 23.7 Å². The number of carbonyl (C=O) groups excluding carboxylic acids is 1. The van der Waals surface area contributed by atoms with Gasteiger partial charge in [-0.3, -0.25) is 4.79 Å². The molecule has 21 heavy (non-hydrogen) atoms. The van der Waals surface area contributed by atoms with Crippen LogP contribution in [0.2, 0.25) is 5.02 Å². The van der Waals surface area contributed by atoms with Gasteiger partial charge in [0.15, 0.2) is 17.3 Å². The van der Waals surface area contributed by atoms with Crippen molar-refractivity contribution in [2.45, 2.75) is 6.61 Å². The first-order valence-electron chi connectivity index (χ1n) is 6.29. The molecule has 0 aliphatic carbocycles. The molecule has 0 saturated heterocycles. The third-order valence-electron chi connectivity index (χ3n) is 2.86. The summed E-state index contributed by atoms with van der Waals surface area (Å²) >= 11 is 5.85. The van der Waals surface area contributed by atoms with Gasteiger partial charge in [-0.25, -0.2) is 4.39 Å². The van der Waals surface area contributed by atoms with Crippen molar-refractivity contribution in [1.82, 2.24) is 0 Å². The van der Waals surface area contributed by atoms with Gasteiger partial charge in [0.05, 0.1) is 13.7 Å². The number of carbonyl (C=O) groups is 1. The minimum absolute atomic E-state index is 0.103. The summed E-state index contributed by atoms with van der Waals surface area (Å²) in [6.45, 7) is 0.142. The lowest BCUT2D eigenvalue weighted by atomic mass is 10.1. The highest BCUT2D eigenvalue weighted by molar-refractivity contribution is 6.30. The number of methoxy groups -OCH3 is 1. The summed E-state index contributed by atoms with van der Waals surface area (Å²) in [6.07, 6.45) is 0. The summed E-state index contributed by atoms with van der Waals surface area (Å²) in [6, 6.07) is 11.2. The Morgan fingerprint density at radius 2 is 2.05 bits per heavy atom. The lowest BCUT2D eigenvalue weighted by Crippen LogP contribution is -2.09. The zero-order chi connectivity index (χ0) is 15.2. The third-order valence-corrected chi connectivity index (χ3v) is 3.10. The molecule has 0 aliphatic heterocycles. The molecular weight excluding hydrogens is 295 g/mol. The molecule has 2 aromatic rings. The summed E-state index contributed by atoms with van der Waals surface area (Å²) < 4.78 is 23.6. The van der Waals surface area contributed by atoms with Crippen molar-refractivity contribution in [3.05, 3.63) is 64.4 Å². The SMILES string of the molecule is COc1ccc(C(=O)COCc2cccc(Cl)c2)cc1F. The minimum atomic E-state index is -0.571. The van der Waals surface area contributed by atoms with Crippen LogP contribution in [0.3, 0.4) is 0 Å².